The average molecular weight is 443 g/mol. The van der Waals surface area contributed by atoms with Crippen LogP contribution in [-0.4, -0.2) is 26.2 Å². The topological polar surface area (TPSA) is 58.8 Å². The minimum absolute atomic E-state index is 0. The molecule has 132 valence electrons. The van der Waals surface area contributed by atoms with Crippen LogP contribution in [0.25, 0.3) is 0 Å². The first-order valence-corrected chi connectivity index (χ1v) is 7.84. The zero-order chi connectivity index (χ0) is 16.5. The number of aliphatic imine (C=N–C) groups is 1. The van der Waals surface area contributed by atoms with Gasteiger partial charge in [0.1, 0.15) is 11.5 Å². The van der Waals surface area contributed by atoms with Gasteiger partial charge in [0.2, 0.25) is 0 Å². The number of furan rings is 1. The first kappa shape index (κ1) is 20.5. The first-order valence-electron chi connectivity index (χ1n) is 7.84. The van der Waals surface area contributed by atoms with E-state index in [0.29, 0.717) is 19.8 Å². The molecule has 24 heavy (non-hydrogen) atoms. The second-order valence-electron chi connectivity index (χ2n) is 5.35. The smallest absolute Gasteiger partial charge is 0.191 e. The maximum Gasteiger partial charge on any atom is 0.191 e. The van der Waals surface area contributed by atoms with Gasteiger partial charge in [0.25, 0.3) is 0 Å². The summed E-state index contributed by atoms with van der Waals surface area (Å²) in [4.78, 5) is 4.21. The Morgan fingerprint density at radius 3 is 2.58 bits per heavy atom. The Hall–Kier alpha value is -1.54. The van der Waals surface area contributed by atoms with Crippen LogP contribution in [0.1, 0.15) is 30.0 Å². The number of ether oxygens (including phenoxy) is 1. The van der Waals surface area contributed by atoms with E-state index in [4.69, 9.17) is 9.15 Å². The van der Waals surface area contributed by atoms with Crippen LogP contribution in [0.3, 0.4) is 0 Å². The number of nitrogens with one attached hydrogen (secondary N) is 2. The Bertz CT molecular complexity index is 614. The molecule has 6 heteroatoms. The van der Waals surface area contributed by atoms with E-state index < -0.39 is 0 Å². The van der Waals surface area contributed by atoms with E-state index in [1.54, 1.807) is 7.05 Å². The lowest BCUT2D eigenvalue weighted by molar-refractivity contribution is 0.125. The van der Waals surface area contributed by atoms with Gasteiger partial charge in [0.05, 0.1) is 19.3 Å². The molecule has 0 saturated heterocycles. The van der Waals surface area contributed by atoms with E-state index in [-0.39, 0.29) is 30.0 Å². The number of halogens is 1. The van der Waals surface area contributed by atoms with Gasteiger partial charge in [0.15, 0.2) is 5.96 Å². The number of hydrogen-bond donors (Lipinski definition) is 2. The SMILES string of the molecule is CN=C(NCCOCc1ccccc1)NC(C)c1ccc(C)o1.I. The molecular formula is C18H26IN3O2. The Labute approximate surface area is 160 Å². The zero-order valence-corrected chi connectivity index (χ0v) is 16.7. The van der Waals surface area contributed by atoms with E-state index in [2.05, 4.69) is 27.8 Å². The van der Waals surface area contributed by atoms with Gasteiger partial charge < -0.3 is 19.8 Å². The van der Waals surface area contributed by atoms with Crippen LogP contribution in [-0.2, 0) is 11.3 Å². The molecule has 0 radical (unpaired) electrons. The monoisotopic (exact) mass is 443 g/mol. The van der Waals surface area contributed by atoms with Crippen molar-refractivity contribution in [3.63, 3.8) is 0 Å². The summed E-state index contributed by atoms with van der Waals surface area (Å²) in [6.45, 7) is 5.90. The summed E-state index contributed by atoms with van der Waals surface area (Å²) in [7, 11) is 1.75. The third-order valence-electron chi connectivity index (χ3n) is 3.42. The van der Waals surface area contributed by atoms with Crippen LogP contribution in [0.15, 0.2) is 51.9 Å². The lowest BCUT2D eigenvalue weighted by atomic mass is 10.2. The summed E-state index contributed by atoms with van der Waals surface area (Å²) < 4.78 is 11.3. The summed E-state index contributed by atoms with van der Waals surface area (Å²) in [6.07, 6.45) is 0. The van der Waals surface area contributed by atoms with Crippen LogP contribution < -0.4 is 10.6 Å². The lowest BCUT2D eigenvalue weighted by Crippen LogP contribution is -2.40. The van der Waals surface area contributed by atoms with E-state index in [1.165, 1.54) is 5.56 Å². The zero-order valence-electron chi connectivity index (χ0n) is 14.4. The minimum atomic E-state index is 0. The molecule has 0 bridgehead atoms. The van der Waals surface area contributed by atoms with Gasteiger partial charge in [-0.1, -0.05) is 30.3 Å². The fourth-order valence-electron chi connectivity index (χ4n) is 2.16. The van der Waals surface area contributed by atoms with Gasteiger partial charge in [-0.05, 0) is 31.5 Å². The number of guanidine groups is 1. The molecule has 0 aliphatic heterocycles. The maximum atomic E-state index is 5.64. The predicted molar refractivity (Wildman–Crippen MR) is 108 cm³/mol. The summed E-state index contributed by atoms with van der Waals surface area (Å²) in [5.74, 6) is 2.53. The van der Waals surface area contributed by atoms with Gasteiger partial charge in [-0.25, -0.2) is 0 Å². The van der Waals surface area contributed by atoms with Gasteiger partial charge in [-0.3, -0.25) is 4.99 Å². The van der Waals surface area contributed by atoms with E-state index >= 15 is 0 Å². The fraction of sp³-hybridized carbons (Fsp3) is 0.389. The molecule has 0 aliphatic carbocycles. The van der Waals surface area contributed by atoms with Crippen molar-refractivity contribution in [1.29, 1.82) is 0 Å². The molecule has 1 atom stereocenters. The van der Waals surface area contributed by atoms with Crippen LogP contribution in [0.5, 0.6) is 0 Å². The molecule has 0 saturated carbocycles. The minimum Gasteiger partial charge on any atom is -0.464 e. The molecule has 0 fully saturated rings. The van der Waals surface area contributed by atoms with Gasteiger partial charge in [0, 0.05) is 13.6 Å². The van der Waals surface area contributed by atoms with E-state index in [0.717, 1.165) is 17.5 Å². The molecule has 0 aliphatic rings. The summed E-state index contributed by atoms with van der Waals surface area (Å²) >= 11 is 0. The van der Waals surface area contributed by atoms with Crippen molar-refractivity contribution in [3.8, 4) is 0 Å². The molecule has 1 heterocycles. The highest BCUT2D eigenvalue weighted by molar-refractivity contribution is 14.0. The normalized spacial score (nSPS) is 12.4. The molecular weight excluding hydrogens is 417 g/mol. The van der Waals surface area contributed by atoms with Crippen molar-refractivity contribution in [2.45, 2.75) is 26.5 Å². The third-order valence-corrected chi connectivity index (χ3v) is 3.42. The fourth-order valence-corrected chi connectivity index (χ4v) is 2.16. The van der Waals surface area contributed by atoms with Crippen molar-refractivity contribution in [2.24, 2.45) is 4.99 Å². The second kappa shape index (κ2) is 11.1. The van der Waals surface area contributed by atoms with Gasteiger partial charge >= 0.3 is 0 Å². The van der Waals surface area contributed by atoms with Crippen molar-refractivity contribution in [2.75, 3.05) is 20.2 Å². The van der Waals surface area contributed by atoms with Crippen molar-refractivity contribution in [3.05, 3.63) is 59.5 Å². The van der Waals surface area contributed by atoms with Crippen LogP contribution in [0, 0.1) is 6.92 Å². The maximum absolute atomic E-state index is 5.64. The van der Waals surface area contributed by atoms with Crippen LogP contribution >= 0.6 is 24.0 Å². The van der Waals surface area contributed by atoms with Crippen molar-refractivity contribution < 1.29 is 9.15 Å². The number of rotatable bonds is 7. The van der Waals surface area contributed by atoms with Gasteiger partial charge in [-0.2, -0.15) is 0 Å². The predicted octanol–water partition coefficient (Wildman–Crippen LogP) is 3.65. The molecule has 1 aromatic carbocycles. The molecule has 0 spiro atoms. The largest absolute Gasteiger partial charge is 0.464 e. The molecule has 2 N–H and O–H groups in total. The number of aryl methyl sites for hydroxylation is 1. The van der Waals surface area contributed by atoms with Crippen LogP contribution in [0.2, 0.25) is 0 Å². The van der Waals surface area contributed by atoms with E-state index in [1.807, 2.05) is 44.2 Å². The van der Waals surface area contributed by atoms with Crippen LogP contribution in [0.4, 0.5) is 0 Å². The number of hydrogen-bond acceptors (Lipinski definition) is 3. The Morgan fingerprint density at radius 2 is 1.96 bits per heavy atom. The Balaban J connectivity index is 0.00000288. The summed E-state index contributed by atoms with van der Waals surface area (Å²) in [5.41, 5.74) is 1.18. The first-order chi connectivity index (χ1) is 11.2. The highest BCUT2D eigenvalue weighted by Crippen LogP contribution is 2.15. The second-order valence-corrected chi connectivity index (χ2v) is 5.35. The molecule has 5 nitrogen and oxygen atoms in total. The average Bonchev–Trinajstić information content (AvgIpc) is 3.01. The third kappa shape index (κ3) is 6.92. The quantitative estimate of drug-likeness (QED) is 0.297. The van der Waals surface area contributed by atoms with Crippen molar-refractivity contribution in [1.82, 2.24) is 10.6 Å². The molecule has 1 aromatic heterocycles. The molecule has 2 rings (SSSR count). The Kier molecular flexibility index (Phi) is 9.48. The number of benzene rings is 1. The highest BCUT2D eigenvalue weighted by Gasteiger charge is 2.10. The molecule has 2 aromatic rings. The molecule has 1 unspecified atom stereocenters. The summed E-state index contributed by atoms with van der Waals surface area (Å²) in [6, 6.07) is 14.1. The van der Waals surface area contributed by atoms with Gasteiger partial charge in [-0.15, -0.1) is 24.0 Å². The highest BCUT2D eigenvalue weighted by atomic mass is 127. The summed E-state index contributed by atoms with van der Waals surface area (Å²) in [5, 5.41) is 6.53. The van der Waals surface area contributed by atoms with E-state index in [9.17, 15) is 0 Å². The lowest BCUT2D eigenvalue weighted by Gasteiger charge is -2.16. The molecule has 0 amide bonds. The standard InChI is InChI=1S/C18H25N3O2.HI/c1-14-9-10-17(23-14)15(2)21-18(19-3)20-11-12-22-13-16-7-5-4-6-8-16;/h4-10,15H,11-13H2,1-3H3,(H2,19,20,21);1H. The number of nitrogens with zero attached hydrogens (tertiary/aromatic N) is 1. The Morgan fingerprint density at radius 1 is 1.21 bits per heavy atom. The van der Waals surface area contributed by atoms with Crippen molar-refractivity contribution >= 4 is 29.9 Å².